The second kappa shape index (κ2) is 6.59. The van der Waals surface area contributed by atoms with E-state index in [0.717, 1.165) is 24.6 Å². The van der Waals surface area contributed by atoms with Crippen LogP contribution in [0.4, 0.5) is 13.2 Å². The van der Waals surface area contributed by atoms with Gasteiger partial charge in [-0.1, -0.05) is 36.8 Å². The molecule has 0 radical (unpaired) electrons. The van der Waals surface area contributed by atoms with Crippen LogP contribution in [0, 0.1) is 0 Å². The van der Waals surface area contributed by atoms with Crippen molar-refractivity contribution in [1.82, 2.24) is 5.32 Å². The van der Waals surface area contributed by atoms with Gasteiger partial charge in [0, 0.05) is 6.54 Å². The molecule has 0 saturated heterocycles. The van der Waals surface area contributed by atoms with Gasteiger partial charge in [-0.15, -0.1) is 0 Å². The first-order valence-corrected chi connectivity index (χ1v) is 5.99. The van der Waals surface area contributed by atoms with Gasteiger partial charge in [-0.3, -0.25) is 0 Å². The van der Waals surface area contributed by atoms with Gasteiger partial charge >= 0.3 is 6.18 Å². The molecule has 0 aliphatic carbocycles. The monoisotopic (exact) mass is 257 g/mol. The van der Waals surface area contributed by atoms with Gasteiger partial charge in [0.15, 0.2) is 0 Å². The molecule has 0 heterocycles. The average Bonchev–Trinajstić information content (AvgIpc) is 2.28. The summed E-state index contributed by atoms with van der Waals surface area (Å²) in [5, 5.41) is 3.16. The minimum Gasteiger partial charge on any atom is -0.313 e. The normalized spacial score (nSPS) is 12.8. The molecule has 0 unspecified atom stereocenters. The van der Waals surface area contributed by atoms with Gasteiger partial charge < -0.3 is 5.32 Å². The van der Waals surface area contributed by atoms with Crippen LogP contribution in [0.3, 0.4) is 0 Å². The van der Waals surface area contributed by atoms with Gasteiger partial charge in [-0.25, -0.2) is 0 Å². The minimum absolute atomic E-state index is 0.223. The molecular weight excluding hydrogens is 239 g/mol. The third kappa shape index (κ3) is 4.53. The van der Waals surface area contributed by atoms with Gasteiger partial charge in [0.05, 0.1) is 5.56 Å². The molecule has 18 heavy (non-hydrogen) atoms. The minimum atomic E-state index is -4.30. The van der Waals surface area contributed by atoms with Crippen molar-refractivity contribution in [3.8, 4) is 0 Å². The first-order valence-electron chi connectivity index (χ1n) is 5.99. The highest BCUT2D eigenvalue weighted by atomic mass is 19.4. The molecule has 0 aromatic heterocycles. The van der Waals surface area contributed by atoms with E-state index in [1.54, 1.807) is 12.1 Å². The summed E-state index contributed by atoms with van der Waals surface area (Å²) in [4.78, 5) is 0. The average molecular weight is 257 g/mol. The van der Waals surface area contributed by atoms with Crippen molar-refractivity contribution in [3.63, 3.8) is 0 Å². The Balaban J connectivity index is 2.86. The maximum atomic E-state index is 12.8. The first kappa shape index (κ1) is 14.8. The molecule has 0 amide bonds. The van der Waals surface area contributed by atoms with Crippen LogP contribution in [0.1, 0.15) is 31.4 Å². The Morgan fingerprint density at radius 1 is 1.28 bits per heavy atom. The molecule has 1 rings (SSSR count). The predicted octanol–water partition coefficient (Wildman–Crippen LogP) is 4.11. The number of rotatable bonds is 5. The molecule has 0 saturated carbocycles. The van der Waals surface area contributed by atoms with Gasteiger partial charge in [-0.05, 0) is 31.5 Å². The molecule has 1 nitrogen and oxygen atoms in total. The van der Waals surface area contributed by atoms with Crippen molar-refractivity contribution >= 4 is 6.08 Å². The lowest BCUT2D eigenvalue weighted by atomic mass is 10.0. The third-order valence-electron chi connectivity index (χ3n) is 2.50. The summed E-state index contributed by atoms with van der Waals surface area (Å²) in [6, 6.07) is 5.63. The fourth-order valence-electron chi connectivity index (χ4n) is 1.66. The van der Waals surface area contributed by atoms with E-state index in [1.165, 1.54) is 12.1 Å². The molecule has 1 aromatic carbocycles. The van der Waals surface area contributed by atoms with E-state index in [0.29, 0.717) is 6.54 Å². The Bertz CT molecular complexity index is 408. The van der Waals surface area contributed by atoms with E-state index in [-0.39, 0.29) is 5.56 Å². The molecule has 0 bridgehead atoms. The zero-order valence-corrected chi connectivity index (χ0v) is 10.6. The van der Waals surface area contributed by atoms with Crippen molar-refractivity contribution in [2.75, 3.05) is 13.1 Å². The molecule has 4 heteroatoms. The molecule has 1 aromatic rings. The Kier molecular flexibility index (Phi) is 5.41. The Labute approximate surface area is 106 Å². The lowest BCUT2D eigenvalue weighted by Gasteiger charge is -2.11. The van der Waals surface area contributed by atoms with Crippen molar-refractivity contribution in [2.45, 2.75) is 26.4 Å². The summed E-state index contributed by atoms with van der Waals surface area (Å²) in [7, 11) is 0. The summed E-state index contributed by atoms with van der Waals surface area (Å²) in [5.74, 6) is 0. The summed E-state index contributed by atoms with van der Waals surface area (Å²) in [6.45, 7) is 5.35. The number of alkyl halides is 3. The molecule has 0 atom stereocenters. The van der Waals surface area contributed by atoms with E-state index in [9.17, 15) is 13.2 Å². The molecule has 0 spiro atoms. The largest absolute Gasteiger partial charge is 0.416 e. The maximum absolute atomic E-state index is 12.8. The highest BCUT2D eigenvalue weighted by Gasteiger charge is 2.32. The Morgan fingerprint density at radius 2 is 1.94 bits per heavy atom. The quantitative estimate of drug-likeness (QED) is 0.783. The van der Waals surface area contributed by atoms with Crippen LogP contribution in [-0.4, -0.2) is 13.1 Å². The Morgan fingerprint density at radius 3 is 2.56 bits per heavy atom. The summed E-state index contributed by atoms with van der Waals surface area (Å²) in [5.41, 5.74) is 0.529. The smallest absolute Gasteiger partial charge is 0.313 e. The van der Waals surface area contributed by atoms with Crippen molar-refractivity contribution in [2.24, 2.45) is 0 Å². The molecule has 0 fully saturated rings. The van der Waals surface area contributed by atoms with Crippen LogP contribution in [0.2, 0.25) is 0 Å². The molecule has 100 valence electrons. The number of benzene rings is 1. The first-order chi connectivity index (χ1) is 8.45. The summed E-state index contributed by atoms with van der Waals surface area (Å²) < 4.78 is 38.3. The van der Waals surface area contributed by atoms with E-state index >= 15 is 0 Å². The van der Waals surface area contributed by atoms with E-state index < -0.39 is 11.7 Å². The number of hydrogen-bond donors (Lipinski definition) is 1. The zero-order chi connectivity index (χ0) is 13.6. The summed E-state index contributed by atoms with van der Waals surface area (Å²) >= 11 is 0. The predicted molar refractivity (Wildman–Crippen MR) is 68.3 cm³/mol. The molecule has 0 aliphatic heterocycles. The highest BCUT2D eigenvalue weighted by molar-refractivity contribution is 5.57. The van der Waals surface area contributed by atoms with Gasteiger partial charge in [-0.2, -0.15) is 13.2 Å². The second-order valence-corrected chi connectivity index (χ2v) is 4.25. The zero-order valence-electron chi connectivity index (χ0n) is 10.6. The van der Waals surface area contributed by atoms with Crippen molar-refractivity contribution in [1.29, 1.82) is 0 Å². The van der Waals surface area contributed by atoms with Crippen molar-refractivity contribution < 1.29 is 13.2 Å². The number of halogens is 3. The fourth-order valence-corrected chi connectivity index (χ4v) is 1.66. The van der Waals surface area contributed by atoms with Crippen molar-refractivity contribution in [3.05, 3.63) is 41.0 Å². The molecule has 1 N–H and O–H groups in total. The lowest BCUT2D eigenvalue weighted by Crippen LogP contribution is -2.16. The van der Waals surface area contributed by atoms with Gasteiger partial charge in [0.2, 0.25) is 0 Å². The molecule has 0 aliphatic rings. The van der Waals surface area contributed by atoms with Crippen LogP contribution < -0.4 is 5.32 Å². The van der Waals surface area contributed by atoms with Crippen LogP contribution in [0.25, 0.3) is 6.08 Å². The van der Waals surface area contributed by atoms with E-state index in [2.05, 4.69) is 5.32 Å². The number of hydrogen-bond acceptors (Lipinski definition) is 1. The van der Waals surface area contributed by atoms with Crippen LogP contribution in [-0.2, 0) is 6.18 Å². The highest BCUT2D eigenvalue weighted by Crippen LogP contribution is 2.32. The maximum Gasteiger partial charge on any atom is 0.416 e. The van der Waals surface area contributed by atoms with Gasteiger partial charge in [0.25, 0.3) is 0 Å². The fraction of sp³-hybridized carbons (Fsp3) is 0.429. The lowest BCUT2D eigenvalue weighted by molar-refractivity contribution is -0.137. The van der Waals surface area contributed by atoms with Crippen LogP contribution >= 0.6 is 0 Å². The SMILES string of the molecule is CCCNCC(C)=Cc1ccccc1C(F)(F)F. The summed E-state index contributed by atoms with van der Waals surface area (Å²) in [6.07, 6.45) is -1.71. The second-order valence-electron chi connectivity index (χ2n) is 4.25. The van der Waals surface area contributed by atoms with E-state index in [4.69, 9.17) is 0 Å². The standard InChI is InChI=1S/C14H18F3N/c1-3-8-18-10-11(2)9-12-6-4-5-7-13(12)14(15,16)17/h4-7,9,18H,3,8,10H2,1-2H3. The topological polar surface area (TPSA) is 12.0 Å². The van der Waals surface area contributed by atoms with Crippen LogP contribution in [0.15, 0.2) is 29.8 Å². The van der Waals surface area contributed by atoms with Gasteiger partial charge in [0.1, 0.15) is 0 Å². The third-order valence-corrected chi connectivity index (χ3v) is 2.50. The van der Waals surface area contributed by atoms with E-state index in [1.807, 2.05) is 13.8 Å². The van der Waals surface area contributed by atoms with Crippen LogP contribution in [0.5, 0.6) is 0 Å². The molecular formula is C14H18F3N. The Hall–Kier alpha value is -1.29. The number of nitrogens with one attached hydrogen (secondary N) is 1.